The van der Waals surface area contributed by atoms with Gasteiger partial charge < -0.3 is 10.2 Å². The van der Waals surface area contributed by atoms with Gasteiger partial charge in [0.1, 0.15) is 0 Å². The Balaban J connectivity index is 0.00000128. The molecule has 2 unspecified atom stereocenters. The van der Waals surface area contributed by atoms with Crippen LogP contribution in [0.3, 0.4) is 0 Å². The molecule has 2 heterocycles. The minimum absolute atomic E-state index is 0. The molecule has 3 nitrogen and oxygen atoms in total. The summed E-state index contributed by atoms with van der Waals surface area (Å²) in [4.78, 5) is 13.9. The molecule has 2 aliphatic heterocycles. The summed E-state index contributed by atoms with van der Waals surface area (Å²) in [7, 11) is 0. The van der Waals surface area contributed by atoms with E-state index in [1.54, 1.807) is 11.8 Å². The molecular formula is C11H21ClN2OS. The largest absolute Gasteiger partial charge is 0.342 e. The number of hydrogen-bond donors (Lipinski definition) is 1. The van der Waals surface area contributed by atoms with Crippen molar-refractivity contribution in [1.29, 1.82) is 0 Å². The fraction of sp³-hybridized carbons (Fsp3) is 0.909. The molecule has 2 saturated heterocycles. The number of piperidine rings is 1. The standard InChI is InChI=1S/C11H20N2OS.ClH/c1-15-7-4-11(14)13-6-3-10-9(8-13)2-5-12-10;/h9-10,12H,2-8H2,1H3;1H. The molecule has 0 bridgehead atoms. The van der Waals surface area contributed by atoms with Gasteiger partial charge in [-0.3, -0.25) is 4.79 Å². The molecule has 2 rings (SSSR count). The average molecular weight is 265 g/mol. The van der Waals surface area contributed by atoms with E-state index in [2.05, 4.69) is 16.5 Å². The predicted molar refractivity (Wildman–Crippen MR) is 71.3 cm³/mol. The van der Waals surface area contributed by atoms with Crippen LogP contribution in [-0.4, -0.2) is 48.5 Å². The molecule has 16 heavy (non-hydrogen) atoms. The van der Waals surface area contributed by atoms with E-state index in [-0.39, 0.29) is 12.4 Å². The molecule has 1 N–H and O–H groups in total. The zero-order chi connectivity index (χ0) is 10.7. The lowest BCUT2D eigenvalue weighted by atomic mass is 9.93. The first kappa shape index (κ1) is 14.1. The summed E-state index contributed by atoms with van der Waals surface area (Å²) in [6, 6.07) is 0.689. The van der Waals surface area contributed by atoms with E-state index in [1.807, 2.05) is 0 Å². The van der Waals surface area contributed by atoms with Gasteiger partial charge in [-0.25, -0.2) is 0 Å². The van der Waals surface area contributed by atoms with E-state index in [0.29, 0.717) is 18.4 Å². The van der Waals surface area contributed by atoms with Crippen molar-refractivity contribution >= 4 is 30.1 Å². The minimum Gasteiger partial charge on any atom is -0.342 e. The quantitative estimate of drug-likeness (QED) is 0.836. The number of nitrogens with one attached hydrogen (secondary N) is 1. The maximum atomic E-state index is 11.8. The zero-order valence-corrected chi connectivity index (χ0v) is 11.4. The van der Waals surface area contributed by atoms with Gasteiger partial charge in [0.15, 0.2) is 0 Å². The summed E-state index contributed by atoms with van der Waals surface area (Å²) in [5.74, 6) is 2.04. The third-order valence-corrected chi connectivity index (χ3v) is 4.14. The number of hydrogen-bond acceptors (Lipinski definition) is 3. The molecule has 1 amide bonds. The summed E-state index contributed by atoms with van der Waals surface area (Å²) in [6.45, 7) is 3.09. The Hall–Kier alpha value is 0.0700. The average Bonchev–Trinajstić information content (AvgIpc) is 2.72. The van der Waals surface area contributed by atoms with Crippen molar-refractivity contribution < 1.29 is 4.79 Å². The molecule has 0 saturated carbocycles. The van der Waals surface area contributed by atoms with Crippen LogP contribution in [0, 0.1) is 5.92 Å². The van der Waals surface area contributed by atoms with Crippen LogP contribution in [-0.2, 0) is 4.79 Å². The zero-order valence-electron chi connectivity index (χ0n) is 9.78. The van der Waals surface area contributed by atoms with Crippen molar-refractivity contribution in [2.24, 2.45) is 5.92 Å². The van der Waals surface area contributed by atoms with Gasteiger partial charge in [0.25, 0.3) is 0 Å². The van der Waals surface area contributed by atoms with Crippen LogP contribution in [0.4, 0.5) is 0 Å². The monoisotopic (exact) mass is 264 g/mol. The molecule has 0 aromatic carbocycles. The lowest BCUT2D eigenvalue weighted by Crippen LogP contribution is -2.46. The first-order valence-electron chi connectivity index (χ1n) is 5.81. The van der Waals surface area contributed by atoms with Crippen LogP contribution < -0.4 is 5.32 Å². The molecule has 2 atom stereocenters. The van der Waals surface area contributed by atoms with Crippen LogP contribution in [0.5, 0.6) is 0 Å². The number of amides is 1. The number of carbonyl (C=O) groups excluding carboxylic acids is 1. The Kier molecular flexibility index (Phi) is 5.94. The predicted octanol–water partition coefficient (Wildman–Crippen LogP) is 1.37. The van der Waals surface area contributed by atoms with Crippen molar-refractivity contribution in [2.45, 2.75) is 25.3 Å². The van der Waals surface area contributed by atoms with Gasteiger partial charge in [0.2, 0.25) is 5.91 Å². The van der Waals surface area contributed by atoms with E-state index in [4.69, 9.17) is 0 Å². The van der Waals surface area contributed by atoms with Gasteiger partial charge in [-0.05, 0) is 31.6 Å². The van der Waals surface area contributed by atoms with Crippen molar-refractivity contribution in [2.75, 3.05) is 31.6 Å². The first-order chi connectivity index (χ1) is 7.31. The maximum absolute atomic E-state index is 11.8. The van der Waals surface area contributed by atoms with Gasteiger partial charge in [0.05, 0.1) is 0 Å². The number of fused-ring (bicyclic) bond motifs is 1. The Labute approximate surface area is 108 Å². The molecule has 0 spiro atoms. The highest BCUT2D eigenvalue weighted by Crippen LogP contribution is 2.24. The molecule has 0 aliphatic carbocycles. The second kappa shape index (κ2) is 6.72. The number of halogens is 1. The third kappa shape index (κ3) is 3.28. The molecule has 2 aliphatic rings. The number of nitrogens with zero attached hydrogens (tertiary/aromatic N) is 1. The number of carbonyl (C=O) groups is 1. The summed E-state index contributed by atoms with van der Waals surface area (Å²) < 4.78 is 0. The van der Waals surface area contributed by atoms with Gasteiger partial charge >= 0.3 is 0 Å². The molecule has 0 radical (unpaired) electrons. The number of rotatable bonds is 3. The van der Waals surface area contributed by atoms with E-state index >= 15 is 0 Å². The summed E-state index contributed by atoms with van der Waals surface area (Å²) >= 11 is 1.75. The van der Waals surface area contributed by atoms with Crippen LogP contribution in [0.2, 0.25) is 0 Å². The number of likely N-dealkylation sites (tertiary alicyclic amines) is 1. The van der Waals surface area contributed by atoms with E-state index in [9.17, 15) is 4.79 Å². The summed E-state index contributed by atoms with van der Waals surface area (Å²) in [5, 5.41) is 3.52. The van der Waals surface area contributed by atoms with Crippen LogP contribution in [0.1, 0.15) is 19.3 Å². The van der Waals surface area contributed by atoms with Crippen LogP contribution >= 0.6 is 24.2 Å². The second-order valence-corrected chi connectivity index (χ2v) is 5.47. The highest BCUT2D eigenvalue weighted by Gasteiger charge is 2.33. The van der Waals surface area contributed by atoms with E-state index in [1.165, 1.54) is 6.42 Å². The van der Waals surface area contributed by atoms with Gasteiger partial charge in [-0.1, -0.05) is 0 Å². The third-order valence-electron chi connectivity index (χ3n) is 3.53. The fourth-order valence-electron chi connectivity index (χ4n) is 2.62. The molecule has 0 aromatic heterocycles. The molecule has 5 heteroatoms. The highest BCUT2D eigenvalue weighted by molar-refractivity contribution is 7.98. The lowest BCUT2D eigenvalue weighted by molar-refractivity contribution is -0.132. The lowest BCUT2D eigenvalue weighted by Gasteiger charge is -2.34. The van der Waals surface area contributed by atoms with Gasteiger partial charge in [-0.15, -0.1) is 12.4 Å². The maximum Gasteiger partial charge on any atom is 0.223 e. The van der Waals surface area contributed by atoms with Gasteiger partial charge in [-0.2, -0.15) is 11.8 Å². The summed E-state index contributed by atoms with van der Waals surface area (Å²) in [5.41, 5.74) is 0. The highest BCUT2D eigenvalue weighted by atomic mass is 35.5. The Morgan fingerprint density at radius 2 is 2.31 bits per heavy atom. The SMILES string of the molecule is CSCCC(=O)N1CCC2NCCC2C1.Cl. The van der Waals surface area contributed by atoms with Crippen molar-refractivity contribution in [3.05, 3.63) is 0 Å². The second-order valence-electron chi connectivity index (χ2n) is 4.48. The fourth-order valence-corrected chi connectivity index (χ4v) is 3.00. The Morgan fingerprint density at radius 3 is 3.06 bits per heavy atom. The first-order valence-corrected chi connectivity index (χ1v) is 7.20. The normalized spacial score (nSPS) is 28.4. The van der Waals surface area contributed by atoms with Crippen molar-refractivity contribution in [3.63, 3.8) is 0 Å². The minimum atomic E-state index is 0. The van der Waals surface area contributed by atoms with Crippen molar-refractivity contribution in [3.8, 4) is 0 Å². The molecule has 94 valence electrons. The number of thioether (sulfide) groups is 1. The molecule has 0 aromatic rings. The van der Waals surface area contributed by atoms with Gasteiger partial charge in [0, 0.05) is 31.3 Å². The molecule has 2 fully saturated rings. The van der Waals surface area contributed by atoms with Crippen LogP contribution in [0.15, 0.2) is 0 Å². The Morgan fingerprint density at radius 1 is 1.50 bits per heavy atom. The summed E-state index contributed by atoms with van der Waals surface area (Å²) in [6.07, 6.45) is 5.17. The van der Waals surface area contributed by atoms with E-state index < -0.39 is 0 Å². The smallest absolute Gasteiger partial charge is 0.223 e. The Bertz CT molecular complexity index is 240. The molecular weight excluding hydrogens is 244 g/mol. The van der Waals surface area contributed by atoms with Crippen LogP contribution in [0.25, 0.3) is 0 Å². The topological polar surface area (TPSA) is 32.3 Å². The van der Waals surface area contributed by atoms with Crippen molar-refractivity contribution in [1.82, 2.24) is 10.2 Å². The van der Waals surface area contributed by atoms with E-state index in [0.717, 1.165) is 37.7 Å².